The second-order valence-corrected chi connectivity index (χ2v) is 7.98. The Morgan fingerprint density at radius 1 is 1.27 bits per heavy atom. The minimum atomic E-state index is -0.0509. The maximum absolute atomic E-state index is 13.2. The molecule has 2 aliphatic rings. The molecule has 1 saturated heterocycles. The van der Waals surface area contributed by atoms with E-state index in [1.54, 1.807) is 21.0 Å². The second-order valence-electron chi connectivity index (χ2n) is 7.98. The van der Waals surface area contributed by atoms with E-state index in [0.717, 1.165) is 24.4 Å². The van der Waals surface area contributed by atoms with Crippen LogP contribution >= 0.6 is 0 Å². The van der Waals surface area contributed by atoms with E-state index in [2.05, 4.69) is 24.0 Å². The number of rotatable bonds is 3. The van der Waals surface area contributed by atoms with Gasteiger partial charge in [0.15, 0.2) is 0 Å². The Bertz CT molecular complexity index is 905. The summed E-state index contributed by atoms with van der Waals surface area (Å²) in [5.41, 5.74) is 1.39. The number of nitrogens with zero attached hydrogens (tertiary/aromatic N) is 6. The summed E-state index contributed by atoms with van der Waals surface area (Å²) in [6, 6.07) is 1.97. The van der Waals surface area contributed by atoms with Crippen LogP contribution in [0.15, 0.2) is 10.9 Å². The van der Waals surface area contributed by atoms with Crippen LogP contribution in [0.25, 0.3) is 0 Å². The summed E-state index contributed by atoms with van der Waals surface area (Å²) in [5, 5.41) is 8.87. The molecule has 0 aromatic carbocycles. The SMILES string of the molecule is Cc1cc(C(=O)N2C3CCC2Cn2c(nn(CC(C)C)c2=O)C3)n(C)n1. The van der Waals surface area contributed by atoms with Gasteiger partial charge in [-0.1, -0.05) is 13.8 Å². The zero-order chi connectivity index (χ0) is 18.6. The molecule has 0 radical (unpaired) electrons. The van der Waals surface area contributed by atoms with Crippen molar-refractivity contribution in [2.75, 3.05) is 0 Å². The highest BCUT2D eigenvalue weighted by Crippen LogP contribution is 2.31. The third-order valence-electron chi connectivity index (χ3n) is 5.42. The largest absolute Gasteiger partial charge is 0.345 e. The summed E-state index contributed by atoms with van der Waals surface area (Å²) >= 11 is 0. The summed E-state index contributed by atoms with van der Waals surface area (Å²) < 4.78 is 5.01. The van der Waals surface area contributed by atoms with Crippen molar-refractivity contribution in [3.05, 3.63) is 33.8 Å². The third kappa shape index (κ3) is 2.68. The lowest BCUT2D eigenvalue weighted by molar-refractivity contribution is 0.0653. The fourth-order valence-corrected chi connectivity index (χ4v) is 4.32. The highest BCUT2D eigenvalue weighted by Gasteiger charge is 2.42. The van der Waals surface area contributed by atoms with Crippen molar-refractivity contribution in [3.8, 4) is 0 Å². The lowest BCUT2D eigenvalue weighted by Crippen LogP contribution is -2.43. The van der Waals surface area contributed by atoms with Crippen LogP contribution < -0.4 is 5.69 Å². The molecule has 1 amide bonds. The first-order chi connectivity index (χ1) is 12.3. The van der Waals surface area contributed by atoms with Crippen molar-refractivity contribution in [1.29, 1.82) is 0 Å². The van der Waals surface area contributed by atoms with Gasteiger partial charge in [0.1, 0.15) is 11.5 Å². The van der Waals surface area contributed by atoms with Crippen LogP contribution in [0, 0.1) is 12.8 Å². The number of carbonyl (C=O) groups excluding carboxylic acids is 1. The summed E-state index contributed by atoms with van der Waals surface area (Å²) in [6.07, 6.45) is 2.52. The van der Waals surface area contributed by atoms with Gasteiger partial charge in [-0.25, -0.2) is 9.48 Å². The van der Waals surface area contributed by atoms with E-state index in [1.807, 2.05) is 17.9 Å². The van der Waals surface area contributed by atoms with Gasteiger partial charge in [-0.2, -0.15) is 10.2 Å². The van der Waals surface area contributed by atoms with Crippen LogP contribution in [0.5, 0.6) is 0 Å². The van der Waals surface area contributed by atoms with Crippen LogP contribution in [0.4, 0.5) is 0 Å². The van der Waals surface area contributed by atoms with Crippen LogP contribution in [0.1, 0.15) is 48.7 Å². The van der Waals surface area contributed by atoms with Crippen molar-refractivity contribution in [2.24, 2.45) is 13.0 Å². The molecule has 26 heavy (non-hydrogen) atoms. The van der Waals surface area contributed by atoms with Gasteiger partial charge in [0.25, 0.3) is 5.91 Å². The molecule has 2 aliphatic heterocycles. The number of amides is 1. The molecule has 0 saturated carbocycles. The molecule has 4 rings (SSSR count). The Kier molecular flexibility index (Phi) is 4.00. The zero-order valence-electron chi connectivity index (χ0n) is 15.8. The van der Waals surface area contributed by atoms with Crippen molar-refractivity contribution < 1.29 is 4.79 Å². The van der Waals surface area contributed by atoms with E-state index in [0.29, 0.717) is 31.1 Å². The standard InChI is InChI=1S/C18H26N6O2/c1-11(2)9-23-18(26)22-10-14-6-5-13(8-16(22)20-23)24(14)17(25)15-7-12(3)19-21(15)4/h7,11,13-14H,5-6,8-10H2,1-4H3. The average molecular weight is 358 g/mol. The third-order valence-corrected chi connectivity index (χ3v) is 5.42. The lowest BCUT2D eigenvalue weighted by Gasteiger charge is -2.27. The average Bonchev–Trinajstić information content (AvgIpc) is 3.14. The van der Waals surface area contributed by atoms with Crippen molar-refractivity contribution >= 4 is 5.91 Å². The number of aromatic nitrogens is 5. The summed E-state index contributed by atoms with van der Waals surface area (Å²) in [4.78, 5) is 27.9. The van der Waals surface area contributed by atoms with E-state index in [-0.39, 0.29) is 23.7 Å². The monoisotopic (exact) mass is 358 g/mol. The molecule has 2 unspecified atom stereocenters. The summed E-state index contributed by atoms with van der Waals surface area (Å²) in [7, 11) is 1.80. The number of fused-ring (bicyclic) bond motifs is 3. The normalized spacial score (nSPS) is 22.0. The molecule has 1 fully saturated rings. The van der Waals surface area contributed by atoms with Crippen LogP contribution in [0.3, 0.4) is 0 Å². The van der Waals surface area contributed by atoms with Crippen molar-refractivity contribution in [1.82, 2.24) is 29.0 Å². The number of hydrogen-bond donors (Lipinski definition) is 0. The van der Waals surface area contributed by atoms with Gasteiger partial charge < -0.3 is 4.90 Å². The van der Waals surface area contributed by atoms with E-state index in [4.69, 9.17) is 0 Å². The highest BCUT2D eigenvalue weighted by molar-refractivity contribution is 5.93. The molecule has 8 heteroatoms. The van der Waals surface area contributed by atoms with Crippen LogP contribution in [-0.4, -0.2) is 47.0 Å². The van der Waals surface area contributed by atoms with Crippen molar-refractivity contribution in [3.63, 3.8) is 0 Å². The molecule has 0 N–H and O–H groups in total. The van der Waals surface area contributed by atoms with Crippen molar-refractivity contribution in [2.45, 2.75) is 65.2 Å². The highest BCUT2D eigenvalue weighted by atomic mass is 16.2. The summed E-state index contributed by atoms with van der Waals surface area (Å²) in [5.74, 6) is 1.19. The van der Waals surface area contributed by atoms with Gasteiger partial charge in [0, 0.05) is 32.6 Å². The topological polar surface area (TPSA) is 78.0 Å². The number of carbonyl (C=O) groups is 1. The molecule has 2 atom stereocenters. The molecular formula is C18H26N6O2. The van der Waals surface area contributed by atoms with Crippen LogP contribution in [0.2, 0.25) is 0 Å². The Balaban J connectivity index is 1.65. The van der Waals surface area contributed by atoms with Crippen LogP contribution in [-0.2, 0) is 26.6 Å². The number of hydrogen-bond acceptors (Lipinski definition) is 4. The molecule has 2 aromatic heterocycles. The Hall–Kier alpha value is -2.38. The first-order valence-electron chi connectivity index (χ1n) is 9.35. The second kappa shape index (κ2) is 6.10. The fraction of sp³-hybridized carbons (Fsp3) is 0.667. The van der Waals surface area contributed by atoms with Gasteiger partial charge in [-0.3, -0.25) is 14.0 Å². The Morgan fingerprint density at radius 3 is 2.65 bits per heavy atom. The van der Waals surface area contributed by atoms with Gasteiger partial charge in [0.2, 0.25) is 0 Å². The van der Waals surface area contributed by atoms with E-state index < -0.39 is 0 Å². The lowest BCUT2D eigenvalue weighted by atomic mass is 10.1. The molecule has 140 valence electrons. The minimum Gasteiger partial charge on any atom is -0.329 e. The fourth-order valence-electron chi connectivity index (χ4n) is 4.32. The zero-order valence-corrected chi connectivity index (χ0v) is 15.8. The van der Waals surface area contributed by atoms with E-state index in [9.17, 15) is 9.59 Å². The molecule has 0 spiro atoms. The first kappa shape index (κ1) is 17.1. The molecular weight excluding hydrogens is 332 g/mol. The Morgan fingerprint density at radius 2 is 2.00 bits per heavy atom. The van der Waals surface area contributed by atoms with Gasteiger partial charge in [-0.15, -0.1) is 0 Å². The van der Waals surface area contributed by atoms with Gasteiger partial charge in [0.05, 0.1) is 11.7 Å². The maximum Gasteiger partial charge on any atom is 0.345 e. The predicted octanol–water partition coefficient (Wildman–Crippen LogP) is 0.972. The minimum absolute atomic E-state index is 0.00820. The predicted molar refractivity (Wildman–Crippen MR) is 96.0 cm³/mol. The molecule has 8 nitrogen and oxygen atoms in total. The Labute approximate surface area is 152 Å². The number of aryl methyl sites for hydroxylation is 2. The van der Waals surface area contributed by atoms with Gasteiger partial charge in [-0.05, 0) is 31.7 Å². The first-order valence-corrected chi connectivity index (χ1v) is 9.35. The summed E-state index contributed by atoms with van der Waals surface area (Å²) in [6.45, 7) is 7.21. The molecule has 2 aromatic rings. The molecule has 4 heterocycles. The van der Waals surface area contributed by atoms with E-state index in [1.165, 1.54) is 0 Å². The van der Waals surface area contributed by atoms with Gasteiger partial charge >= 0.3 is 5.69 Å². The smallest absolute Gasteiger partial charge is 0.329 e. The molecule has 2 bridgehead atoms. The molecule has 0 aliphatic carbocycles. The maximum atomic E-state index is 13.2. The van der Waals surface area contributed by atoms with E-state index >= 15 is 0 Å². The quantitative estimate of drug-likeness (QED) is 0.819.